The Kier molecular flexibility index (Phi) is 12.4. The van der Waals surface area contributed by atoms with Gasteiger partial charge in [-0.2, -0.15) is 0 Å². The number of methoxy groups -OCH3 is 2. The van der Waals surface area contributed by atoms with E-state index >= 15 is 0 Å². The van der Waals surface area contributed by atoms with Gasteiger partial charge in [0.25, 0.3) is 0 Å². The van der Waals surface area contributed by atoms with Gasteiger partial charge in [0.1, 0.15) is 12.4 Å². The minimum Gasteiger partial charge on any atom is -0.493 e. The molecule has 5 nitrogen and oxygen atoms in total. The molecule has 0 aromatic heterocycles. The summed E-state index contributed by atoms with van der Waals surface area (Å²) in [6.45, 7) is 8.45. The molecule has 1 N–H and O–H groups in total. The van der Waals surface area contributed by atoms with E-state index < -0.39 is 0 Å². The summed E-state index contributed by atoms with van der Waals surface area (Å²) >= 11 is 0. The quantitative estimate of drug-likeness (QED) is 0.494. The highest BCUT2D eigenvalue weighted by atomic mass is 35.5. The predicted octanol–water partition coefficient (Wildman–Crippen LogP) is 5.04. The molecular formula is C24H34Cl2N2O3. The maximum atomic E-state index is 6.31. The summed E-state index contributed by atoms with van der Waals surface area (Å²) in [6.07, 6.45) is 3.92. The molecule has 1 aliphatic rings. The Morgan fingerprint density at radius 3 is 2.26 bits per heavy atom. The van der Waals surface area contributed by atoms with Crippen LogP contribution in [0.2, 0.25) is 0 Å². The minimum absolute atomic E-state index is 0. The highest BCUT2D eigenvalue weighted by molar-refractivity contribution is 5.85. The second-order valence-corrected chi connectivity index (χ2v) is 7.19. The van der Waals surface area contributed by atoms with E-state index in [-0.39, 0.29) is 30.9 Å². The second-order valence-electron chi connectivity index (χ2n) is 7.19. The first-order valence-electron chi connectivity index (χ1n) is 10.2. The van der Waals surface area contributed by atoms with E-state index in [2.05, 4.69) is 35.0 Å². The molecule has 172 valence electrons. The highest BCUT2D eigenvalue weighted by Crippen LogP contribution is 2.41. The smallest absolute Gasteiger partial charge is 0.164 e. The monoisotopic (exact) mass is 468 g/mol. The van der Waals surface area contributed by atoms with Gasteiger partial charge >= 0.3 is 0 Å². The van der Waals surface area contributed by atoms with Gasteiger partial charge in [-0.3, -0.25) is 4.90 Å². The van der Waals surface area contributed by atoms with E-state index in [9.17, 15) is 0 Å². The number of hydrogen-bond donors (Lipinski definition) is 1. The molecule has 2 aromatic carbocycles. The fourth-order valence-corrected chi connectivity index (χ4v) is 3.80. The van der Waals surface area contributed by atoms with Crippen LogP contribution >= 0.6 is 24.8 Å². The van der Waals surface area contributed by atoms with Crippen molar-refractivity contribution >= 4 is 24.8 Å². The number of rotatable bonds is 10. The molecule has 3 rings (SSSR count). The minimum atomic E-state index is 0. The van der Waals surface area contributed by atoms with Gasteiger partial charge < -0.3 is 19.5 Å². The van der Waals surface area contributed by atoms with Crippen LogP contribution in [0.5, 0.6) is 17.2 Å². The summed E-state index contributed by atoms with van der Waals surface area (Å²) in [5.74, 6) is 2.26. The fourth-order valence-electron chi connectivity index (χ4n) is 3.80. The Morgan fingerprint density at radius 2 is 1.65 bits per heavy atom. The molecule has 0 unspecified atom stereocenters. The Hall–Kier alpha value is -1.92. The van der Waals surface area contributed by atoms with Crippen molar-refractivity contribution in [3.63, 3.8) is 0 Å². The Labute approximate surface area is 198 Å². The first-order chi connectivity index (χ1) is 14.3. The number of ether oxygens (including phenoxy) is 3. The predicted molar refractivity (Wildman–Crippen MR) is 131 cm³/mol. The third-order valence-corrected chi connectivity index (χ3v) is 5.35. The van der Waals surface area contributed by atoms with E-state index in [4.69, 9.17) is 14.2 Å². The molecule has 0 bridgehead atoms. The Balaban J connectivity index is 0.00000240. The zero-order chi connectivity index (χ0) is 20.5. The van der Waals surface area contributed by atoms with Gasteiger partial charge in [-0.1, -0.05) is 36.4 Å². The van der Waals surface area contributed by atoms with Crippen molar-refractivity contribution in [1.82, 2.24) is 10.2 Å². The van der Waals surface area contributed by atoms with Crippen LogP contribution in [0, 0.1) is 0 Å². The van der Waals surface area contributed by atoms with Gasteiger partial charge in [0.2, 0.25) is 0 Å². The molecule has 1 heterocycles. The topological polar surface area (TPSA) is 43.0 Å². The van der Waals surface area contributed by atoms with Gasteiger partial charge in [0.05, 0.1) is 14.2 Å². The SMILES string of the molecule is C=CCC[C@@H](c1cc(OC)c(OC)cc1OCc1ccccc1)N1CCNCC1.Cl.Cl. The second kappa shape index (κ2) is 14.2. The number of nitrogens with one attached hydrogen (secondary N) is 1. The van der Waals surface area contributed by atoms with Crippen LogP contribution < -0.4 is 19.5 Å². The van der Waals surface area contributed by atoms with E-state index in [1.165, 1.54) is 0 Å². The van der Waals surface area contributed by atoms with Crippen LogP contribution in [0.4, 0.5) is 0 Å². The maximum Gasteiger partial charge on any atom is 0.164 e. The van der Waals surface area contributed by atoms with Crippen LogP contribution in [-0.4, -0.2) is 45.3 Å². The molecule has 0 aliphatic carbocycles. The molecule has 1 fully saturated rings. The van der Waals surface area contributed by atoms with Crippen LogP contribution in [0.1, 0.15) is 30.0 Å². The van der Waals surface area contributed by atoms with E-state index in [0.717, 1.165) is 61.6 Å². The molecule has 7 heteroatoms. The van der Waals surface area contributed by atoms with Gasteiger partial charge in [-0.15, -0.1) is 31.4 Å². The van der Waals surface area contributed by atoms with Crippen molar-refractivity contribution in [2.45, 2.75) is 25.5 Å². The highest BCUT2D eigenvalue weighted by Gasteiger charge is 2.26. The summed E-state index contributed by atoms with van der Waals surface area (Å²) < 4.78 is 17.5. The summed E-state index contributed by atoms with van der Waals surface area (Å²) in [5, 5.41) is 3.44. The molecule has 0 amide bonds. The van der Waals surface area contributed by atoms with Gasteiger partial charge in [0, 0.05) is 43.9 Å². The summed E-state index contributed by atoms with van der Waals surface area (Å²) in [6, 6.07) is 14.5. The number of halogens is 2. The average molecular weight is 469 g/mol. The Bertz CT molecular complexity index is 784. The van der Waals surface area contributed by atoms with Crippen molar-refractivity contribution in [2.24, 2.45) is 0 Å². The van der Waals surface area contributed by atoms with Gasteiger partial charge in [-0.05, 0) is 24.5 Å². The zero-order valence-corrected chi connectivity index (χ0v) is 20.0. The molecule has 31 heavy (non-hydrogen) atoms. The molecular weight excluding hydrogens is 435 g/mol. The third-order valence-electron chi connectivity index (χ3n) is 5.35. The molecule has 0 saturated carbocycles. The lowest BCUT2D eigenvalue weighted by atomic mass is 9.97. The fraction of sp³-hybridized carbons (Fsp3) is 0.417. The van der Waals surface area contributed by atoms with Crippen molar-refractivity contribution in [3.8, 4) is 17.2 Å². The van der Waals surface area contributed by atoms with E-state index in [1.54, 1.807) is 14.2 Å². The molecule has 1 saturated heterocycles. The van der Waals surface area contributed by atoms with E-state index in [1.807, 2.05) is 30.3 Å². The zero-order valence-electron chi connectivity index (χ0n) is 18.3. The maximum absolute atomic E-state index is 6.31. The normalized spacial score (nSPS) is 14.5. The van der Waals surface area contributed by atoms with Crippen LogP contribution in [0.15, 0.2) is 55.1 Å². The van der Waals surface area contributed by atoms with E-state index in [0.29, 0.717) is 12.4 Å². The summed E-state index contributed by atoms with van der Waals surface area (Å²) in [4.78, 5) is 2.52. The third kappa shape index (κ3) is 7.32. The van der Waals surface area contributed by atoms with Crippen LogP contribution in [-0.2, 0) is 6.61 Å². The van der Waals surface area contributed by atoms with Crippen LogP contribution in [0.25, 0.3) is 0 Å². The lowest BCUT2D eigenvalue weighted by Crippen LogP contribution is -2.45. The largest absolute Gasteiger partial charge is 0.493 e. The van der Waals surface area contributed by atoms with Crippen molar-refractivity contribution in [1.29, 1.82) is 0 Å². The molecule has 1 aliphatic heterocycles. The lowest BCUT2D eigenvalue weighted by Gasteiger charge is -2.36. The standard InChI is InChI=1S/C24H32N2O3.2ClH/c1-4-5-11-21(26-14-12-25-13-15-26)20-16-23(27-2)24(28-3)17-22(20)29-18-19-9-7-6-8-10-19;;/h4,6-10,16-17,21,25H,1,5,11-15,18H2,2-3H3;2*1H/t21-;;/m0../s1. The number of hydrogen-bond acceptors (Lipinski definition) is 5. The van der Waals surface area contributed by atoms with Crippen molar-refractivity contribution in [3.05, 3.63) is 66.2 Å². The first-order valence-corrected chi connectivity index (χ1v) is 10.2. The number of benzene rings is 2. The molecule has 0 spiro atoms. The molecule has 2 aromatic rings. The van der Waals surface area contributed by atoms with Gasteiger partial charge in [-0.25, -0.2) is 0 Å². The average Bonchev–Trinajstić information content (AvgIpc) is 2.79. The first kappa shape index (κ1) is 27.1. The number of allylic oxidation sites excluding steroid dienone is 1. The molecule has 0 radical (unpaired) electrons. The Morgan fingerprint density at radius 1 is 1.00 bits per heavy atom. The van der Waals surface area contributed by atoms with Crippen molar-refractivity contribution < 1.29 is 14.2 Å². The number of nitrogens with zero attached hydrogens (tertiary/aromatic N) is 1. The summed E-state index contributed by atoms with van der Waals surface area (Å²) in [7, 11) is 3.33. The van der Waals surface area contributed by atoms with Gasteiger partial charge in [0.15, 0.2) is 11.5 Å². The van der Waals surface area contributed by atoms with Crippen molar-refractivity contribution in [2.75, 3.05) is 40.4 Å². The molecule has 1 atom stereocenters. The number of piperazine rings is 1. The lowest BCUT2D eigenvalue weighted by molar-refractivity contribution is 0.161. The van der Waals surface area contributed by atoms with Crippen LogP contribution in [0.3, 0.4) is 0 Å². The summed E-state index contributed by atoms with van der Waals surface area (Å²) in [5.41, 5.74) is 2.28.